The van der Waals surface area contributed by atoms with Crippen LogP contribution < -0.4 is 9.80 Å². The average molecular weight is 378 g/mol. The summed E-state index contributed by atoms with van der Waals surface area (Å²) >= 11 is 0. The van der Waals surface area contributed by atoms with Crippen molar-refractivity contribution in [1.29, 1.82) is 0 Å². The fourth-order valence-corrected chi connectivity index (χ4v) is 5.35. The molecular weight excluding hydrogens is 352 g/mol. The maximum absolute atomic E-state index is 13.9. The summed E-state index contributed by atoms with van der Waals surface area (Å²) in [5.41, 5.74) is -1.23. The van der Waals surface area contributed by atoms with Crippen LogP contribution in [0.3, 0.4) is 0 Å². The Kier molecular flexibility index (Phi) is 4.52. The van der Waals surface area contributed by atoms with E-state index in [9.17, 15) is 14.4 Å². The van der Waals surface area contributed by atoms with Crippen molar-refractivity contribution >= 4 is 17.3 Å². The van der Waals surface area contributed by atoms with Crippen LogP contribution in [-0.4, -0.2) is 57.6 Å². The second kappa shape index (κ2) is 6.76. The van der Waals surface area contributed by atoms with Crippen molar-refractivity contribution in [3.05, 3.63) is 71.8 Å². The molecule has 2 aliphatic rings. The van der Waals surface area contributed by atoms with Gasteiger partial charge >= 0.3 is 0 Å². The Morgan fingerprint density at radius 1 is 0.679 bits per heavy atom. The number of carbonyl (C=O) groups excluding carboxylic acids is 3. The molecule has 5 nitrogen and oxygen atoms in total. The fraction of sp³-hybridized carbons (Fsp3) is 0.348. The van der Waals surface area contributed by atoms with Gasteiger partial charge in [-0.3, -0.25) is 14.4 Å². The lowest BCUT2D eigenvalue weighted by atomic mass is 9.58. The highest BCUT2D eigenvalue weighted by Crippen LogP contribution is 2.38. The number of rotatable bonds is 4. The summed E-state index contributed by atoms with van der Waals surface area (Å²) in [4.78, 5) is 43.2. The Bertz CT molecular complexity index is 836. The predicted octanol–water partition coefficient (Wildman–Crippen LogP) is -0.649. The minimum Gasteiger partial charge on any atom is -0.335 e. The molecule has 144 valence electrons. The molecule has 0 aromatic heterocycles. The highest BCUT2D eigenvalue weighted by molar-refractivity contribution is 6.25. The number of carbonyl (C=O) groups is 3. The third-order valence-corrected chi connectivity index (χ3v) is 6.22. The van der Waals surface area contributed by atoms with Gasteiger partial charge in [0.25, 0.3) is 0 Å². The summed E-state index contributed by atoms with van der Waals surface area (Å²) in [5.74, 6) is -0.484. The van der Waals surface area contributed by atoms with Gasteiger partial charge in [0.2, 0.25) is 0 Å². The van der Waals surface area contributed by atoms with Gasteiger partial charge in [-0.1, -0.05) is 60.7 Å². The first-order valence-electron chi connectivity index (χ1n) is 9.76. The molecule has 0 atom stereocenters. The van der Waals surface area contributed by atoms with Gasteiger partial charge in [0.15, 0.2) is 28.2 Å². The molecule has 2 bridgehead atoms. The quantitative estimate of drug-likeness (QED) is 0.549. The number of hydrogen-bond donors (Lipinski definition) is 2. The maximum atomic E-state index is 13.9. The van der Waals surface area contributed by atoms with E-state index < -0.39 is 10.8 Å². The Morgan fingerprint density at radius 3 is 1.32 bits per heavy atom. The summed E-state index contributed by atoms with van der Waals surface area (Å²) in [7, 11) is 3.96. The van der Waals surface area contributed by atoms with Gasteiger partial charge in [0.05, 0.1) is 14.1 Å². The number of Topliss-reactive ketones (excluding diaryl/α,β-unsaturated/α-hetero) is 3. The van der Waals surface area contributed by atoms with E-state index in [1.165, 1.54) is 0 Å². The third kappa shape index (κ3) is 2.74. The van der Waals surface area contributed by atoms with E-state index in [0.29, 0.717) is 37.3 Å². The van der Waals surface area contributed by atoms with Gasteiger partial charge in [-0.15, -0.1) is 0 Å². The van der Waals surface area contributed by atoms with E-state index in [-0.39, 0.29) is 17.3 Å². The van der Waals surface area contributed by atoms with Gasteiger partial charge in [-0.2, -0.15) is 0 Å². The molecule has 0 aliphatic carbocycles. The molecule has 0 unspecified atom stereocenters. The molecule has 2 aromatic rings. The molecule has 0 saturated carbocycles. The zero-order chi connectivity index (χ0) is 19.9. The van der Waals surface area contributed by atoms with Crippen molar-refractivity contribution in [2.75, 3.05) is 40.3 Å². The summed E-state index contributed by atoms with van der Waals surface area (Å²) in [6, 6.07) is 18.0. The molecule has 2 aromatic carbocycles. The van der Waals surface area contributed by atoms with Gasteiger partial charge in [0.1, 0.15) is 26.2 Å². The highest BCUT2D eigenvalue weighted by atomic mass is 16.2. The van der Waals surface area contributed by atoms with Crippen molar-refractivity contribution in [3.63, 3.8) is 0 Å². The smallest absolute Gasteiger partial charge is 0.190 e. The summed E-state index contributed by atoms with van der Waals surface area (Å²) in [6.07, 6.45) is 0. The Labute approximate surface area is 164 Å². The topological polar surface area (TPSA) is 60.1 Å². The molecular formula is C23H26N2O3+2. The Hall–Kier alpha value is -2.63. The molecule has 28 heavy (non-hydrogen) atoms. The molecule has 2 aliphatic heterocycles. The second-order valence-electron chi connectivity index (χ2n) is 8.50. The van der Waals surface area contributed by atoms with Gasteiger partial charge in [-0.25, -0.2) is 0 Å². The van der Waals surface area contributed by atoms with Crippen LogP contribution in [0.1, 0.15) is 20.7 Å². The molecule has 4 rings (SSSR count). The van der Waals surface area contributed by atoms with Crippen LogP contribution >= 0.6 is 0 Å². The van der Waals surface area contributed by atoms with E-state index in [4.69, 9.17) is 0 Å². The maximum Gasteiger partial charge on any atom is 0.190 e. The van der Waals surface area contributed by atoms with E-state index in [1.54, 1.807) is 24.3 Å². The Morgan fingerprint density at radius 2 is 1.00 bits per heavy atom. The number of ketones is 3. The van der Waals surface area contributed by atoms with Crippen LogP contribution in [0.2, 0.25) is 0 Å². The van der Waals surface area contributed by atoms with Crippen LogP contribution in [0, 0.1) is 10.8 Å². The third-order valence-electron chi connectivity index (χ3n) is 6.22. The zero-order valence-electron chi connectivity index (χ0n) is 16.3. The first-order chi connectivity index (χ1) is 13.4. The van der Waals surface area contributed by atoms with Crippen LogP contribution in [0.5, 0.6) is 0 Å². The number of quaternary nitrogens is 2. The molecule has 2 heterocycles. The summed E-state index contributed by atoms with van der Waals surface area (Å²) < 4.78 is 0. The van der Waals surface area contributed by atoms with Gasteiger partial charge in [-0.05, 0) is 0 Å². The minimum atomic E-state index is -1.16. The number of fused-ring (bicyclic) bond motifs is 2. The average Bonchev–Trinajstić information content (AvgIpc) is 2.70. The number of nitrogens with one attached hydrogen (secondary N) is 2. The number of likely N-dealkylation sites (tertiary alicyclic amines) is 2. The molecule has 2 N–H and O–H groups in total. The van der Waals surface area contributed by atoms with Crippen LogP contribution in [0.15, 0.2) is 60.7 Å². The predicted molar refractivity (Wildman–Crippen MR) is 105 cm³/mol. The van der Waals surface area contributed by atoms with E-state index in [1.807, 2.05) is 50.5 Å². The normalized spacial score (nSPS) is 32.0. The molecule has 0 amide bonds. The standard InChI is InChI=1S/C23H24N2O3/c1-24-13-22(19(26)17-9-5-3-6-10-17)15-25(2)16-23(14-24,21(22)28)20(27)18-11-7-4-8-12-18/h3-12H,13-16H2,1-2H3/p+2. The van der Waals surface area contributed by atoms with E-state index in [2.05, 4.69) is 0 Å². The first kappa shape index (κ1) is 18.7. The second-order valence-corrected chi connectivity index (χ2v) is 8.50. The monoisotopic (exact) mass is 378 g/mol. The Balaban J connectivity index is 1.84. The van der Waals surface area contributed by atoms with Crippen molar-refractivity contribution in [2.24, 2.45) is 10.8 Å². The van der Waals surface area contributed by atoms with Crippen molar-refractivity contribution in [2.45, 2.75) is 0 Å². The van der Waals surface area contributed by atoms with Gasteiger partial charge in [0, 0.05) is 11.1 Å². The van der Waals surface area contributed by atoms with Crippen LogP contribution in [0.4, 0.5) is 0 Å². The van der Waals surface area contributed by atoms with E-state index >= 15 is 0 Å². The zero-order valence-corrected chi connectivity index (χ0v) is 16.3. The van der Waals surface area contributed by atoms with Crippen LogP contribution in [-0.2, 0) is 4.79 Å². The number of benzene rings is 2. The molecule has 2 fully saturated rings. The number of hydrogen-bond acceptors (Lipinski definition) is 3. The molecule has 5 heteroatoms. The molecule has 0 spiro atoms. The fourth-order valence-electron chi connectivity index (χ4n) is 5.35. The van der Waals surface area contributed by atoms with Gasteiger partial charge < -0.3 is 9.80 Å². The summed E-state index contributed by atoms with van der Waals surface area (Å²) in [5, 5.41) is 0. The lowest BCUT2D eigenvalue weighted by Gasteiger charge is -2.50. The van der Waals surface area contributed by atoms with Crippen molar-refractivity contribution in [3.8, 4) is 0 Å². The molecule has 0 radical (unpaired) electrons. The van der Waals surface area contributed by atoms with Crippen LogP contribution in [0.25, 0.3) is 0 Å². The minimum absolute atomic E-state index is 0.151. The lowest BCUT2D eigenvalue weighted by Crippen LogP contribution is -3.24. The van der Waals surface area contributed by atoms with Crippen molar-refractivity contribution < 1.29 is 24.2 Å². The first-order valence-corrected chi connectivity index (χ1v) is 9.76. The van der Waals surface area contributed by atoms with Crippen molar-refractivity contribution in [1.82, 2.24) is 0 Å². The number of piperidine rings is 2. The summed E-state index contributed by atoms with van der Waals surface area (Å²) in [6.45, 7) is 1.73. The highest BCUT2D eigenvalue weighted by Gasteiger charge is 2.70. The van der Waals surface area contributed by atoms with E-state index in [0.717, 1.165) is 9.80 Å². The largest absolute Gasteiger partial charge is 0.335 e. The SMILES string of the molecule is C[NH+]1CC2(C(=O)c3ccccc3)C[NH+](C)CC(C(=O)c3ccccc3)(C1)C2=O. The molecule has 2 saturated heterocycles. The lowest BCUT2D eigenvalue weighted by molar-refractivity contribution is -0.940.